The molecule has 76 valence electrons. The first kappa shape index (κ1) is 10.7. The van der Waals surface area contributed by atoms with Gasteiger partial charge in [0.25, 0.3) is 5.91 Å². The molecule has 1 aromatic rings. The summed E-state index contributed by atoms with van der Waals surface area (Å²) in [5, 5.41) is -0.595. The van der Waals surface area contributed by atoms with Crippen molar-refractivity contribution in [2.24, 2.45) is 5.73 Å². The number of halogens is 4. The largest absolute Gasteiger partial charge is 0.434 e. The van der Waals surface area contributed by atoms with Crippen LogP contribution in [0.2, 0.25) is 5.28 Å². The Morgan fingerprint density at radius 3 is 2.50 bits per heavy atom. The van der Waals surface area contributed by atoms with Gasteiger partial charge in [0.1, 0.15) is 0 Å². The van der Waals surface area contributed by atoms with Gasteiger partial charge in [-0.15, -0.1) is 0 Å². The number of amides is 1. The molecule has 1 amide bonds. The molecule has 0 aliphatic rings. The number of carbonyl (C=O) groups excluding carboxylic acids is 1. The molecular weight excluding hydrogens is 223 g/mol. The van der Waals surface area contributed by atoms with Crippen molar-refractivity contribution in [3.8, 4) is 0 Å². The van der Waals surface area contributed by atoms with Gasteiger partial charge >= 0.3 is 6.18 Å². The summed E-state index contributed by atoms with van der Waals surface area (Å²) in [5.41, 5.74) is 2.47. The highest BCUT2D eigenvalue weighted by molar-refractivity contribution is 6.28. The summed E-state index contributed by atoms with van der Waals surface area (Å²) in [6, 6.07) is 0. The molecule has 1 rings (SSSR count). The summed E-state index contributed by atoms with van der Waals surface area (Å²) in [4.78, 5) is 16.7. The maximum absolute atomic E-state index is 12.2. The molecule has 1 heterocycles. The predicted molar refractivity (Wildman–Crippen MR) is 40.6 cm³/mol. The van der Waals surface area contributed by atoms with Gasteiger partial charge in [0.05, 0.1) is 5.56 Å². The van der Waals surface area contributed by atoms with Crippen LogP contribution in [0.1, 0.15) is 16.1 Å². The molecule has 14 heavy (non-hydrogen) atoms. The normalized spacial score (nSPS) is 11.4. The molecule has 0 saturated carbocycles. The number of nitrogens with zero attached hydrogens (tertiary/aromatic N) is 2. The van der Waals surface area contributed by atoms with Crippen LogP contribution >= 0.6 is 11.6 Å². The zero-order chi connectivity index (χ0) is 10.9. The van der Waals surface area contributed by atoms with Gasteiger partial charge in [-0.1, -0.05) is 0 Å². The number of hydrogen-bond acceptors (Lipinski definition) is 3. The van der Waals surface area contributed by atoms with Crippen molar-refractivity contribution >= 4 is 17.5 Å². The number of primary amides is 1. The van der Waals surface area contributed by atoms with E-state index in [2.05, 4.69) is 9.97 Å². The zero-order valence-corrected chi connectivity index (χ0v) is 7.23. The Kier molecular flexibility index (Phi) is 2.61. The molecule has 0 radical (unpaired) electrons. The first-order valence-corrected chi connectivity index (χ1v) is 3.59. The number of aromatic nitrogens is 2. The third kappa shape index (κ3) is 2.11. The molecule has 0 saturated heterocycles. The maximum Gasteiger partial charge on any atom is 0.434 e. The van der Waals surface area contributed by atoms with Gasteiger partial charge in [0.15, 0.2) is 5.69 Å². The molecule has 0 aromatic carbocycles. The summed E-state index contributed by atoms with van der Waals surface area (Å²) >= 11 is 5.15. The van der Waals surface area contributed by atoms with E-state index in [0.717, 1.165) is 0 Å². The average molecular weight is 226 g/mol. The minimum absolute atomic E-state index is 0.595. The highest BCUT2D eigenvalue weighted by Gasteiger charge is 2.37. The Morgan fingerprint density at radius 1 is 1.50 bits per heavy atom. The predicted octanol–water partition coefficient (Wildman–Crippen LogP) is 1.25. The first-order chi connectivity index (χ1) is 6.32. The van der Waals surface area contributed by atoms with E-state index in [0.29, 0.717) is 6.20 Å². The van der Waals surface area contributed by atoms with Crippen molar-refractivity contribution in [1.29, 1.82) is 0 Å². The number of nitrogens with two attached hydrogens (primary N) is 1. The van der Waals surface area contributed by atoms with E-state index >= 15 is 0 Å². The van der Waals surface area contributed by atoms with Crippen molar-refractivity contribution in [1.82, 2.24) is 9.97 Å². The maximum atomic E-state index is 12.2. The molecule has 4 nitrogen and oxygen atoms in total. The third-order valence-corrected chi connectivity index (χ3v) is 1.48. The fraction of sp³-hybridized carbons (Fsp3) is 0.167. The number of rotatable bonds is 1. The van der Waals surface area contributed by atoms with Gasteiger partial charge in [0, 0.05) is 6.20 Å². The first-order valence-electron chi connectivity index (χ1n) is 3.22. The van der Waals surface area contributed by atoms with E-state index in [9.17, 15) is 18.0 Å². The van der Waals surface area contributed by atoms with Crippen molar-refractivity contribution in [2.75, 3.05) is 0 Å². The Bertz CT molecular complexity index is 379. The molecule has 0 aliphatic carbocycles. The highest BCUT2D eigenvalue weighted by Crippen LogP contribution is 2.30. The van der Waals surface area contributed by atoms with Crippen LogP contribution in [-0.4, -0.2) is 15.9 Å². The summed E-state index contributed by atoms with van der Waals surface area (Å²) in [5.74, 6) is -1.26. The fourth-order valence-electron chi connectivity index (χ4n) is 0.757. The quantitative estimate of drug-likeness (QED) is 0.732. The van der Waals surface area contributed by atoms with Crippen molar-refractivity contribution in [3.63, 3.8) is 0 Å². The molecule has 0 spiro atoms. The van der Waals surface area contributed by atoms with Crippen LogP contribution in [0.5, 0.6) is 0 Å². The molecule has 1 aromatic heterocycles. The second-order valence-corrected chi connectivity index (χ2v) is 2.60. The van der Waals surface area contributed by atoms with Gasteiger partial charge in [0.2, 0.25) is 5.28 Å². The Morgan fingerprint density at radius 2 is 2.07 bits per heavy atom. The van der Waals surface area contributed by atoms with Crippen molar-refractivity contribution in [3.05, 3.63) is 22.7 Å². The molecular formula is C6H3ClF3N3O. The molecule has 0 atom stereocenters. The van der Waals surface area contributed by atoms with Gasteiger partial charge in [-0.25, -0.2) is 9.97 Å². The standard InChI is InChI=1S/C6H3ClF3N3O/c7-5-12-1-2(4(11)14)3(13-5)6(8,9)10/h1H,(H2,11,14). The topological polar surface area (TPSA) is 68.9 Å². The smallest absolute Gasteiger partial charge is 0.365 e. The van der Waals surface area contributed by atoms with E-state index in [1.807, 2.05) is 0 Å². The number of hydrogen-bond donors (Lipinski definition) is 1. The van der Waals surface area contributed by atoms with Gasteiger partial charge in [-0.3, -0.25) is 4.79 Å². The van der Waals surface area contributed by atoms with E-state index in [-0.39, 0.29) is 0 Å². The third-order valence-electron chi connectivity index (χ3n) is 1.29. The second kappa shape index (κ2) is 3.41. The lowest BCUT2D eigenvalue weighted by Gasteiger charge is -2.08. The Labute approximate surface area is 80.9 Å². The minimum Gasteiger partial charge on any atom is -0.365 e. The van der Waals surface area contributed by atoms with E-state index < -0.39 is 28.6 Å². The molecule has 2 N–H and O–H groups in total. The molecule has 8 heteroatoms. The lowest BCUT2D eigenvalue weighted by atomic mass is 10.2. The minimum atomic E-state index is -4.78. The van der Waals surface area contributed by atoms with E-state index in [1.165, 1.54) is 0 Å². The Balaban J connectivity index is 3.38. The van der Waals surface area contributed by atoms with Crippen LogP contribution in [0.4, 0.5) is 13.2 Å². The van der Waals surface area contributed by atoms with Crippen LogP contribution in [0.3, 0.4) is 0 Å². The molecule has 0 fully saturated rings. The highest BCUT2D eigenvalue weighted by atomic mass is 35.5. The zero-order valence-electron chi connectivity index (χ0n) is 6.47. The van der Waals surface area contributed by atoms with Crippen LogP contribution in [0, 0.1) is 0 Å². The van der Waals surface area contributed by atoms with Gasteiger partial charge in [-0.05, 0) is 11.6 Å². The lowest BCUT2D eigenvalue weighted by Crippen LogP contribution is -2.21. The average Bonchev–Trinajstić information content (AvgIpc) is 2.01. The van der Waals surface area contributed by atoms with Crippen molar-refractivity contribution in [2.45, 2.75) is 6.18 Å². The fourth-order valence-corrected chi connectivity index (χ4v) is 0.890. The monoisotopic (exact) mass is 225 g/mol. The second-order valence-electron chi connectivity index (χ2n) is 2.26. The van der Waals surface area contributed by atoms with E-state index in [1.54, 1.807) is 0 Å². The van der Waals surface area contributed by atoms with Crippen LogP contribution < -0.4 is 5.73 Å². The van der Waals surface area contributed by atoms with Crippen molar-refractivity contribution < 1.29 is 18.0 Å². The molecule has 0 bridgehead atoms. The van der Waals surface area contributed by atoms with Crippen LogP contribution in [-0.2, 0) is 6.18 Å². The van der Waals surface area contributed by atoms with Crippen LogP contribution in [0.15, 0.2) is 6.20 Å². The van der Waals surface area contributed by atoms with Gasteiger partial charge in [-0.2, -0.15) is 13.2 Å². The summed E-state index contributed by atoms with van der Waals surface area (Å²) in [6.45, 7) is 0. The summed E-state index contributed by atoms with van der Waals surface area (Å²) < 4.78 is 36.7. The molecule has 0 unspecified atom stereocenters. The number of carbonyl (C=O) groups is 1. The SMILES string of the molecule is NC(=O)c1cnc(Cl)nc1C(F)(F)F. The summed E-state index contributed by atoms with van der Waals surface area (Å²) in [6.07, 6.45) is -4.14. The Hall–Kier alpha value is -1.37. The molecule has 0 aliphatic heterocycles. The van der Waals surface area contributed by atoms with E-state index in [4.69, 9.17) is 17.3 Å². The van der Waals surface area contributed by atoms with Gasteiger partial charge < -0.3 is 5.73 Å². The van der Waals surface area contributed by atoms with Crippen LogP contribution in [0.25, 0.3) is 0 Å². The summed E-state index contributed by atoms with van der Waals surface area (Å²) in [7, 11) is 0. The number of alkyl halides is 3. The lowest BCUT2D eigenvalue weighted by molar-refractivity contribution is -0.141.